The van der Waals surface area contributed by atoms with Crippen LogP contribution in [0.25, 0.3) is 0 Å². The molecule has 0 aliphatic heterocycles. The van der Waals surface area contributed by atoms with Crippen molar-refractivity contribution in [3.8, 4) is 0 Å². The van der Waals surface area contributed by atoms with E-state index in [0.29, 0.717) is 6.42 Å². The molecule has 0 radical (unpaired) electrons. The summed E-state index contributed by atoms with van der Waals surface area (Å²) in [5, 5.41) is 30.0. The van der Waals surface area contributed by atoms with Gasteiger partial charge >= 0.3 is 17.9 Å². The van der Waals surface area contributed by atoms with Gasteiger partial charge in [0.2, 0.25) is 0 Å². The van der Waals surface area contributed by atoms with Gasteiger partial charge in [0.15, 0.2) is 18.1 Å². The predicted octanol–water partition coefficient (Wildman–Crippen LogP) is 8.60. The van der Waals surface area contributed by atoms with Crippen LogP contribution in [0.1, 0.15) is 156 Å². The number of nitrogens with zero attached hydrogens (tertiary/aromatic N) is 1. The number of carboxylic acid groups (broad SMARTS) is 3. The summed E-state index contributed by atoms with van der Waals surface area (Å²) in [5.41, 5.74) is 0. The zero-order chi connectivity index (χ0) is 30.2. The zero-order valence-corrected chi connectivity index (χ0v) is 26.2. The topological polar surface area (TPSA) is 112 Å². The first-order valence-electron chi connectivity index (χ1n) is 16.4. The van der Waals surface area contributed by atoms with E-state index in [1.807, 2.05) is 6.08 Å². The molecule has 0 rings (SSSR count). The lowest BCUT2D eigenvalue weighted by Crippen LogP contribution is -2.72. The third kappa shape index (κ3) is 14.1. The molecule has 0 saturated carbocycles. The molecule has 0 aromatic carbocycles. The Bertz CT molecular complexity index is 652. The highest BCUT2D eigenvalue weighted by atomic mass is 16.4. The molecule has 7 heteroatoms. The minimum Gasteiger partial charge on any atom is -0.477 e. The first kappa shape index (κ1) is 38.1. The molecule has 0 heterocycles. The van der Waals surface area contributed by atoms with Crippen molar-refractivity contribution in [2.24, 2.45) is 0 Å². The summed E-state index contributed by atoms with van der Waals surface area (Å²) in [6.07, 6.45) is 25.9. The maximum atomic E-state index is 12.2. The van der Waals surface area contributed by atoms with E-state index in [-0.39, 0.29) is 25.8 Å². The van der Waals surface area contributed by atoms with Gasteiger partial charge in [-0.25, -0.2) is 14.4 Å². The van der Waals surface area contributed by atoms with Crippen LogP contribution in [-0.4, -0.2) is 62.4 Å². The van der Waals surface area contributed by atoms with E-state index < -0.39 is 40.5 Å². The molecule has 0 amide bonds. The SMILES string of the molecule is CCCCCCCCCCCCCCCCC/C=C/CC[N+](C(CC)C(=O)O)(C(CC)C(=O)O)C(CC)C(=O)O. The number of unbranched alkanes of at least 4 members (excludes halogenated alkanes) is 15. The average molecular weight is 569 g/mol. The van der Waals surface area contributed by atoms with Crippen LogP contribution in [0.5, 0.6) is 0 Å². The lowest BCUT2D eigenvalue weighted by Gasteiger charge is -2.49. The first-order chi connectivity index (χ1) is 19.2. The summed E-state index contributed by atoms with van der Waals surface area (Å²) in [7, 11) is 0. The van der Waals surface area contributed by atoms with Gasteiger partial charge in [-0.2, -0.15) is 0 Å². The molecule has 234 valence electrons. The third-order valence-electron chi connectivity index (χ3n) is 8.58. The zero-order valence-electron chi connectivity index (χ0n) is 26.2. The van der Waals surface area contributed by atoms with E-state index in [2.05, 4.69) is 13.0 Å². The van der Waals surface area contributed by atoms with Crippen molar-refractivity contribution < 1.29 is 34.2 Å². The van der Waals surface area contributed by atoms with Crippen LogP contribution in [0.3, 0.4) is 0 Å². The van der Waals surface area contributed by atoms with Crippen molar-refractivity contribution in [2.45, 2.75) is 174 Å². The molecule has 0 aromatic heterocycles. The maximum Gasteiger partial charge on any atom is 0.362 e. The van der Waals surface area contributed by atoms with E-state index in [4.69, 9.17) is 0 Å². The second-order valence-electron chi connectivity index (χ2n) is 11.5. The van der Waals surface area contributed by atoms with E-state index in [0.717, 1.165) is 12.8 Å². The van der Waals surface area contributed by atoms with E-state index in [9.17, 15) is 29.7 Å². The Balaban J connectivity index is 4.58. The molecule has 0 aliphatic rings. The van der Waals surface area contributed by atoms with Crippen molar-refractivity contribution in [1.29, 1.82) is 0 Å². The molecule has 0 saturated heterocycles. The Morgan fingerprint density at radius 1 is 0.500 bits per heavy atom. The summed E-state index contributed by atoms with van der Waals surface area (Å²) in [4.78, 5) is 36.7. The van der Waals surface area contributed by atoms with Crippen LogP contribution in [0.15, 0.2) is 12.2 Å². The Morgan fingerprint density at radius 2 is 0.800 bits per heavy atom. The van der Waals surface area contributed by atoms with Gasteiger partial charge in [0.1, 0.15) is 0 Å². The van der Waals surface area contributed by atoms with Crippen molar-refractivity contribution in [3.05, 3.63) is 12.2 Å². The molecule has 3 unspecified atom stereocenters. The molecule has 7 nitrogen and oxygen atoms in total. The summed E-state index contributed by atoms with van der Waals surface area (Å²) in [6, 6.07) is -3.27. The Labute approximate surface area is 245 Å². The van der Waals surface area contributed by atoms with Gasteiger partial charge in [0.25, 0.3) is 0 Å². The van der Waals surface area contributed by atoms with Crippen LogP contribution >= 0.6 is 0 Å². The second-order valence-corrected chi connectivity index (χ2v) is 11.5. The van der Waals surface area contributed by atoms with Gasteiger partial charge in [0, 0.05) is 25.7 Å². The maximum absolute atomic E-state index is 12.2. The minimum absolute atomic E-state index is 0.172. The Hall–Kier alpha value is -1.89. The van der Waals surface area contributed by atoms with Gasteiger partial charge in [-0.3, -0.25) is 4.48 Å². The summed E-state index contributed by atoms with van der Waals surface area (Å²) in [5.74, 6) is -3.41. The fourth-order valence-corrected chi connectivity index (χ4v) is 6.45. The Morgan fingerprint density at radius 3 is 1.10 bits per heavy atom. The highest BCUT2D eigenvalue weighted by Gasteiger charge is 2.55. The number of aliphatic carboxylic acids is 3. The van der Waals surface area contributed by atoms with Crippen molar-refractivity contribution >= 4 is 17.9 Å². The molecule has 40 heavy (non-hydrogen) atoms. The summed E-state index contributed by atoms with van der Waals surface area (Å²) < 4.78 is -0.452. The van der Waals surface area contributed by atoms with Gasteiger partial charge in [-0.15, -0.1) is 0 Å². The van der Waals surface area contributed by atoms with Gasteiger partial charge in [-0.05, 0) is 12.8 Å². The predicted molar refractivity (Wildman–Crippen MR) is 164 cm³/mol. The molecule has 0 fully saturated rings. The second kappa shape index (κ2) is 23.8. The number of rotatable bonds is 28. The molecule has 0 spiro atoms. The van der Waals surface area contributed by atoms with Crippen LogP contribution in [-0.2, 0) is 14.4 Å². The van der Waals surface area contributed by atoms with E-state index >= 15 is 0 Å². The molecule has 0 bridgehead atoms. The number of carbonyl (C=O) groups is 3. The van der Waals surface area contributed by atoms with Gasteiger partial charge < -0.3 is 15.3 Å². The third-order valence-corrected chi connectivity index (χ3v) is 8.58. The lowest BCUT2D eigenvalue weighted by molar-refractivity contribution is -0.972. The molecular formula is C33H62NO6+. The molecule has 3 N–H and O–H groups in total. The van der Waals surface area contributed by atoms with Gasteiger partial charge in [0.05, 0.1) is 6.54 Å². The average Bonchev–Trinajstić information content (AvgIpc) is 2.90. The van der Waals surface area contributed by atoms with Gasteiger partial charge in [-0.1, -0.05) is 130 Å². The Kier molecular flexibility index (Phi) is 22.7. The van der Waals surface area contributed by atoms with Crippen LogP contribution in [0.2, 0.25) is 0 Å². The number of carboxylic acids is 3. The number of hydrogen-bond acceptors (Lipinski definition) is 3. The fraction of sp³-hybridized carbons (Fsp3) is 0.848. The highest BCUT2D eigenvalue weighted by Crippen LogP contribution is 2.32. The lowest BCUT2D eigenvalue weighted by atomic mass is 9.94. The fourth-order valence-electron chi connectivity index (χ4n) is 6.45. The van der Waals surface area contributed by atoms with Crippen LogP contribution in [0, 0.1) is 0 Å². The molecule has 3 atom stereocenters. The molecular weight excluding hydrogens is 506 g/mol. The van der Waals surface area contributed by atoms with Crippen molar-refractivity contribution in [3.63, 3.8) is 0 Å². The molecule has 0 aromatic rings. The number of allylic oxidation sites excluding steroid dienone is 1. The highest BCUT2D eigenvalue weighted by molar-refractivity contribution is 5.78. The normalized spacial score (nSPS) is 15.5. The largest absolute Gasteiger partial charge is 0.477 e. The van der Waals surface area contributed by atoms with Crippen molar-refractivity contribution in [1.82, 2.24) is 0 Å². The number of quaternary nitrogens is 1. The minimum atomic E-state index is -1.14. The van der Waals surface area contributed by atoms with Crippen LogP contribution in [0.4, 0.5) is 0 Å². The van der Waals surface area contributed by atoms with Crippen LogP contribution < -0.4 is 0 Å². The van der Waals surface area contributed by atoms with E-state index in [1.165, 1.54) is 89.9 Å². The standard InChI is InChI=1S/C33H61NO6/c1-5-9-10-11-12-13-14-15-16-17-18-19-20-21-22-23-24-25-26-27-34(28(6-2)31(35)36,29(7-3)32(37)38)30(8-4)33(39)40/h24-25,28-30H,5-23,26-27H2,1-4H3,(H2-,35,36,37,38,39,40)/p+1/b25-24+. The summed E-state index contributed by atoms with van der Waals surface area (Å²) in [6.45, 7) is 7.53. The number of hydrogen-bond donors (Lipinski definition) is 3. The van der Waals surface area contributed by atoms with E-state index in [1.54, 1.807) is 20.8 Å². The smallest absolute Gasteiger partial charge is 0.362 e. The monoisotopic (exact) mass is 568 g/mol. The first-order valence-corrected chi connectivity index (χ1v) is 16.4. The van der Waals surface area contributed by atoms with Crippen molar-refractivity contribution in [2.75, 3.05) is 6.54 Å². The molecule has 0 aliphatic carbocycles. The summed E-state index contributed by atoms with van der Waals surface area (Å²) >= 11 is 0. The quantitative estimate of drug-likeness (QED) is 0.0495.